The van der Waals surface area contributed by atoms with Crippen molar-refractivity contribution >= 4 is 17.4 Å². The molecule has 0 radical (unpaired) electrons. The predicted octanol–water partition coefficient (Wildman–Crippen LogP) is 3.47. The maximum Gasteiger partial charge on any atom is 0.270 e. The Kier molecular flexibility index (Phi) is 5.43. The minimum atomic E-state index is -0.243. The minimum absolute atomic E-state index is 0.243. The zero-order chi connectivity index (χ0) is 18.4. The molecule has 0 bridgehead atoms. The van der Waals surface area contributed by atoms with E-state index in [0.29, 0.717) is 23.9 Å². The number of amides is 1. The van der Waals surface area contributed by atoms with Crippen LogP contribution in [-0.2, 0) is 6.54 Å². The molecule has 2 aromatic carbocycles. The first kappa shape index (κ1) is 17.4. The van der Waals surface area contributed by atoms with Gasteiger partial charge in [-0.15, -0.1) is 0 Å². The Labute approximate surface area is 152 Å². The average molecular weight is 348 g/mol. The number of benzene rings is 2. The molecule has 132 valence electrons. The molecular weight excluding hydrogens is 328 g/mol. The summed E-state index contributed by atoms with van der Waals surface area (Å²) < 4.78 is 5.22. The Balaban J connectivity index is 1.73. The van der Waals surface area contributed by atoms with Gasteiger partial charge in [0.15, 0.2) is 0 Å². The van der Waals surface area contributed by atoms with E-state index in [1.165, 1.54) is 0 Å². The van der Waals surface area contributed by atoms with Gasteiger partial charge >= 0.3 is 0 Å². The van der Waals surface area contributed by atoms with Crippen LogP contribution in [0, 0.1) is 6.92 Å². The van der Waals surface area contributed by atoms with Crippen LogP contribution in [0.4, 0.5) is 11.5 Å². The van der Waals surface area contributed by atoms with Crippen molar-refractivity contribution in [1.82, 2.24) is 15.3 Å². The van der Waals surface area contributed by atoms with E-state index in [0.717, 1.165) is 17.0 Å². The summed E-state index contributed by atoms with van der Waals surface area (Å²) in [6.45, 7) is 2.20. The van der Waals surface area contributed by atoms with Gasteiger partial charge in [0.1, 0.15) is 23.1 Å². The normalized spacial score (nSPS) is 10.2. The summed E-state index contributed by atoms with van der Waals surface area (Å²) in [5.74, 6) is 1.56. The van der Waals surface area contributed by atoms with Crippen LogP contribution in [-0.4, -0.2) is 23.0 Å². The second kappa shape index (κ2) is 8.11. The molecule has 0 aliphatic heterocycles. The molecule has 0 fully saturated rings. The number of hydrogen-bond donors (Lipinski definition) is 2. The molecule has 0 spiro atoms. The lowest BCUT2D eigenvalue weighted by Crippen LogP contribution is -2.24. The zero-order valence-corrected chi connectivity index (χ0v) is 14.7. The highest BCUT2D eigenvalue weighted by molar-refractivity contribution is 5.93. The highest BCUT2D eigenvalue weighted by atomic mass is 16.5. The highest BCUT2D eigenvalue weighted by Crippen LogP contribution is 2.20. The maximum absolute atomic E-state index is 12.4. The van der Waals surface area contributed by atoms with Crippen LogP contribution < -0.4 is 15.4 Å². The Bertz CT molecular complexity index is 897. The molecule has 1 aromatic heterocycles. The van der Waals surface area contributed by atoms with E-state index in [-0.39, 0.29) is 5.91 Å². The Hall–Kier alpha value is -3.41. The number of nitrogens with one attached hydrogen (secondary N) is 2. The van der Waals surface area contributed by atoms with Gasteiger partial charge in [0, 0.05) is 24.4 Å². The van der Waals surface area contributed by atoms with Crippen molar-refractivity contribution in [2.45, 2.75) is 13.5 Å². The second-order valence-corrected chi connectivity index (χ2v) is 5.71. The Morgan fingerprint density at radius 3 is 2.62 bits per heavy atom. The van der Waals surface area contributed by atoms with Gasteiger partial charge in [0.05, 0.1) is 7.11 Å². The van der Waals surface area contributed by atoms with Crippen molar-refractivity contribution in [3.8, 4) is 5.75 Å². The summed E-state index contributed by atoms with van der Waals surface area (Å²) in [7, 11) is 1.61. The quantitative estimate of drug-likeness (QED) is 0.713. The smallest absolute Gasteiger partial charge is 0.270 e. The first-order chi connectivity index (χ1) is 12.6. The molecular formula is C20H20N4O2. The minimum Gasteiger partial charge on any atom is -0.497 e. The molecule has 2 N–H and O–H groups in total. The van der Waals surface area contributed by atoms with Crippen molar-refractivity contribution in [3.05, 3.63) is 77.7 Å². The molecule has 0 aliphatic carbocycles. The molecule has 6 nitrogen and oxygen atoms in total. The van der Waals surface area contributed by atoms with E-state index in [1.807, 2.05) is 54.6 Å². The van der Waals surface area contributed by atoms with Gasteiger partial charge in [-0.05, 0) is 24.6 Å². The molecule has 1 amide bonds. The summed E-state index contributed by atoms with van der Waals surface area (Å²) in [6.07, 6.45) is 0. The van der Waals surface area contributed by atoms with Crippen LogP contribution in [0.5, 0.6) is 5.75 Å². The van der Waals surface area contributed by atoms with Crippen molar-refractivity contribution < 1.29 is 9.53 Å². The van der Waals surface area contributed by atoms with E-state index in [9.17, 15) is 4.79 Å². The van der Waals surface area contributed by atoms with Crippen LogP contribution in [0.15, 0.2) is 60.7 Å². The van der Waals surface area contributed by atoms with Crippen molar-refractivity contribution in [2.24, 2.45) is 0 Å². The number of aryl methyl sites for hydroxylation is 1. The van der Waals surface area contributed by atoms with E-state index in [4.69, 9.17) is 4.74 Å². The molecule has 6 heteroatoms. The third-order valence-corrected chi connectivity index (χ3v) is 3.71. The van der Waals surface area contributed by atoms with Gasteiger partial charge in [0.2, 0.25) is 0 Å². The average Bonchev–Trinajstić information content (AvgIpc) is 2.66. The largest absolute Gasteiger partial charge is 0.497 e. The monoisotopic (exact) mass is 348 g/mol. The predicted molar refractivity (Wildman–Crippen MR) is 101 cm³/mol. The molecule has 3 aromatic rings. The molecule has 0 saturated heterocycles. The summed E-state index contributed by atoms with van der Waals surface area (Å²) in [4.78, 5) is 21.0. The van der Waals surface area contributed by atoms with Gasteiger partial charge in [-0.25, -0.2) is 9.97 Å². The summed E-state index contributed by atoms with van der Waals surface area (Å²) in [5, 5.41) is 6.05. The van der Waals surface area contributed by atoms with Crippen LogP contribution in [0.1, 0.15) is 21.9 Å². The molecule has 1 heterocycles. The Morgan fingerprint density at radius 2 is 1.85 bits per heavy atom. The van der Waals surface area contributed by atoms with Gasteiger partial charge < -0.3 is 15.4 Å². The van der Waals surface area contributed by atoms with E-state index in [2.05, 4.69) is 20.6 Å². The third kappa shape index (κ3) is 4.57. The highest BCUT2D eigenvalue weighted by Gasteiger charge is 2.11. The number of hydrogen-bond acceptors (Lipinski definition) is 5. The van der Waals surface area contributed by atoms with Gasteiger partial charge in [-0.3, -0.25) is 4.79 Å². The number of aromatic nitrogens is 2. The molecule has 0 unspecified atom stereocenters. The number of anilines is 2. The topological polar surface area (TPSA) is 76.1 Å². The lowest BCUT2D eigenvalue weighted by molar-refractivity contribution is 0.0945. The first-order valence-corrected chi connectivity index (χ1v) is 8.23. The number of carbonyl (C=O) groups is 1. The molecule has 0 aliphatic rings. The van der Waals surface area contributed by atoms with Crippen molar-refractivity contribution in [3.63, 3.8) is 0 Å². The lowest BCUT2D eigenvalue weighted by atomic mass is 10.2. The van der Waals surface area contributed by atoms with Gasteiger partial charge in [-0.2, -0.15) is 0 Å². The van der Waals surface area contributed by atoms with Crippen LogP contribution in [0.2, 0.25) is 0 Å². The summed E-state index contributed by atoms with van der Waals surface area (Å²) >= 11 is 0. The summed E-state index contributed by atoms with van der Waals surface area (Å²) in [5.41, 5.74) is 2.17. The lowest BCUT2D eigenvalue weighted by Gasteiger charge is -2.10. The number of nitrogens with zero attached hydrogens (tertiary/aromatic N) is 2. The number of rotatable bonds is 6. The second-order valence-electron chi connectivity index (χ2n) is 5.71. The fourth-order valence-electron chi connectivity index (χ4n) is 2.47. The molecule has 0 saturated carbocycles. The summed E-state index contributed by atoms with van der Waals surface area (Å²) in [6, 6.07) is 18.9. The van der Waals surface area contributed by atoms with Crippen LogP contribution >= 0.6 is 0 Å². The van der Waals surface area contributed by atoms with Gasteiger partial charge in [-0.1, -0.05) is 36.4 Å². The first-order valence-electron chi connectivity index (χ1n) is 8.23. The zero-order valence-electron chi connectivity index (χ0n) is 14.7. The van der Waals surface area contributed by atoms with Crippen molar-refractivity contribution in [1.29, 1.82) is 0 Å². The molecule has 26 heavy (non-hydrogen) atoms. The van der Waals surface area contributed by atoms with Gasteiger partial charge in [0.25, 0.3) is 5.91 Å². The fraction of sp³-hybridized carbons (Fsp3) is 0.150. The van der Waals surface area contributed by atoms with E-state index in [1.54, 1.807) is 20.1 Å². The van der Waals surface area contributed by atoms with Crippen LogP contribution in [0.25, 0.3) is 0 Å². The Morgan fingerprint density at radius 1 is 1.04 bits per heavy atom. The molecule has 3 rings (SSSR count). The maximum atomic E-state index is 12.4. The SMILES string of the molecule is COc1cccc(Nc2cc(C(=O)NCc3ccccc3)nc(C)n2)c1. The number of methoxy groups -OCH3 is 1. The standard InChI is InChI=1S/C20H20N4O2/c1-14-22-18(20(25)21-13-15-7-4-3-5-8-15)12-19(23-14)24-16-9-6-10-17(11-16)26-2/h3-12H,13H2,1-2H3,(H,21,25)(H,22,23,24). The van der Waals surface area contributed by atoms with E-state index >= 15 is 0 Å². The van der Waals surface area contributed by atoms with Crippen LogP contribution in [0.3, 0.4) is 0 Å². The number of carbonyl (C=O) groups excluding carboxylic acids is 1. The number of ether oxygens (including phenoxy) is 1. The third-order valence-electron chi connectivity index (χ3n) is 3.71. The fourth-order valence-corrected chi connectivity index (χ4v) is 2.47. The molecule has 0 atom stereocenters. The van der Waals surface area contributed by atoms with Crippen molar-refractivity contribution in [2.75, 3.05) is 12.4 Å². The van der Waals surface area contributed by atoms with E-state index < -0.39 is 0 Å².